The summed E-state index contributed by atoms with van der Waals surface area (Å²) < 4.78 is 0. The number of piperazine rings is 1. The van der Waals surface area contributed by atoms with Crippen LogP contribution < -0.4 is 5.32 Å². The van der Waals surface area contributed by atoms with E-state index in [0.29, 0.717) is 17.8 Å². The molecule has 5 nitrogen and oxygen atoms in total. The molecule has 0 bridgehead atoms. The first kappa shape index (κ1) is 24.6. The van der Waals surface area contributed by atoms with E-state index < -0.39 is 0 Å². The number of anilines is 1. The summed E-state index contributed by atoms with van der Waals surface area (Å²) in [6.07, 6.45) is 0. The zero-order chi connectivity index (χ0) is 22.3. The van der Waals surface area contributed by atoms with E-state index in [1.165, 1.54) is 18.1 Å². The molecule has 4 rings (SSSR count). The summed E-state index contributed by atoms with van der Waals surface area (Å²) in [5.74, 6) is -0.0123. The van der Waals surface area contributed by atoms with Gasteiger partial charge in [0.1, 0.15) is 0 Å². The zero-order valence-electron chi connectivity index (χ0n) is 18.8. The number of carbonyl (C=O) groups is 2. The number of amides is 1. The van der Waals surface area contributed by atoms with E-state index in [4.69, 9.17) is 0 Å². The van der Waals surface area contributed by atoms with Crippen molar-refractivity contribution in [2.75, 3.05) is 38.0 Å². The fourth-order valence-corrected chi connectivity index (χ4v) is 4.26. The summed E-state index contributed by atoms with van der Waals surface area (Å²) in [5.41, 5.74) is 3.94. The molecular formula is C27H30ClN3O2. The lowest BCUT2D eigenvalue weighted by molar-refractivity contribution is -0.117. The number of nitrogens with zero attached hydrogens (tertiary/aromatic N) is 2. The van der Waals surface area contributed by atoms with Crippen LogP contribution in [-0.2, 0) is 4.79 Å². The van der Waals surface area contributed by atoms with Crippen molar-refractivity contribution in [1.29, 1.82) is 0 Å². The minimum Gasteiger partial charge on any atom is -0.325 e. The third-order valence-corrected chi connectivity index (χ3v) is 5.95. The molecule has 1 N–H and O–H groups in total. The van der Waals surface area contributed by atoms with Gasteiger partial charge >= 0.3 is 0 Å². The Kier molecular flexibility index (Phi) is 8.78. The number of hydrogen-bond acceptors (Lipinski definition) is 4. The predicted octanol–water partition coefficient (Wildman–Crippen LogP) is 4.66. The van der Waals surface area contributed by atoms with Crippen LogP contribution in [-0.4, -0.2) is 54.2 Å². The Morgan fingerprint density at radius 2 is 1.30 bits per heavy atom. The van der Waals surface area contributed by atoms with Crippen molar-refractivity contribution in [1.82, 2.24) is 9.80 Å². The van der Waals surface area contributed by atoms with E-state index in [9.17, 15) is 9.59 Å². The third-order valence-electron chi connectivity index (χ3n) is 5.95. The van der Waals surface area contributed by atoms with Crippen molar-refractivity contribution < 1.29 is 9.59 Å². The molecule has 0 aromatic heterocycles. The number of carbonyl (C=O) groups excluding carboxylic acids is 2. The second-order valence-electron chi connectivity index (χ2n) is 8.22. The van der Waals surface area contributed by atoms with Gasteiger partial charge in [0.25, 0.3) is 0 Å². The van der Waals surface area contributed by atoms with E-state index in [-0.39, 0.29) is 30.1 Å². The van der Waals surface area contributed by atoms with E-state index in [0.717, 1.165) is 26.2 Å². The highest BCUT2D eigenvalue weighted by Gasteiger charge is 2.27. The SMILES string of the molecule is CC(=O)c1ccc(NC(=O)CN2CCN(C(c3ccccc3)c3ccccc3)CC2)cc1.Cl. The maximum absolute atomic E-state index is 12.5. The van der Waals surface area contributed by atoms with E-state index in [1.807, 2.05) is 0 Å². The molecule has 0 atom stereocenters. The van der Waals surface area contributed by atoms with Crippen LogP contribution in [0, 0.1) is 0 Å². The lowest BCUT2D eigenvalue weighted by Crippen LogP contribution is -2.49. The number of hydrogen-bond donors (Lipinski definition) is 1. The lowest BCUT2D eigenvalue weighted by atomic mass is 9.96. The van der Waals surface area contributed by atoms with Crippen LogP contribution in [0.1, 0.15) is 34.5 Å². The molecule has 1 heterocycles. The maximum atomic E-state index is 12.5. The number of Topliss-reactive ketones (excluding diaryl/α,β-unsaturated/α-hetero) is 1. The molecule has 1 fully saturated rings. The molecule has 0 saturated carbocycles. The van der Waals surface area contributed by atoms with Gasteiger partial charge in [-0.05, 0) is 42.3 Å². The average Bonchev–Trinajstić information content (AvgIpc) is 2.82. The lowest BCUT2D eigenvalue weighted by Gasteiger charge is -2.39. The van der Waals surface area contributed by atoms with Crippen molar-refractivity contribution in [3.63, 3.8) is 0 Å². The molecular weight excluding hydrogens is 434 g/mol. The molecule has 0 unspecified atom stereocenters. The van der Waals surface area contributed by atoms with Crippen molar-refractivity contribution in [3.8, 4) is 0 Å². The molecule has 1 amide bonds. The molecule has 1 aliphatic rings. The normalized spacial score (nSPS) is 14.5. The Morgan fingerprint density at radius 3 is 1.79 bits per heavy atom. The summed E-state index contributed by atoms with van der Waals surface area (Å²) in [6, 6.07) is 28.5. The molecule has 33 heavy (non-hydrogen) atoms. The highest BCUT2D eigenvalue weighted by atomic mass is 35.5. The van der Waals surface area contributed by atoms with Crippen LogP contribution in [0.2, 0.25) is 0 Å². The van der Waals surface area contributed by atoms with Crippen LogP contribution in [0.15, 0.2) is 84.9 Å². The fraction of sp³-hybridized carbons (Fsp3) is 0.259. The molecule has 0 radical (unpaired) electrons. The average molecular weight is 464 g/mol. The van der Waals surface area contributed by atoms with E-state index >= 15 is 0 Å². The topological polar surface area (TPSA) is 52.7 Å². The minimum atomic E-state index is -0.0308. The molecule has 0 spiro atoms. The van der Waals surface area contributed by atoms with Crippen LogP contribution >= 0.6 is 12.4 Å². The monoisotopic (exact) mass is 463 g/mol. The first-order valence-corrected chi connectivity index (χ1v) is 11.1. The first-order valence-electron chi connectivity index (χ1n) is 11.1. The summed E-state index contributed by atoms with van der Waals surface area (Å²) in [5, 5.41) is 2.94. The Balaban J connectivity index is 0.00000306. The van der Waals surface area contributed by atoms with Crippen molar-refractivity contribution >= 4 is 29.8 Å². The van der Waals surface area contributed by atoms with Crippen LogP contribution in [0.5, 0.6) is 0 Å². The smallest absolute Gasteiger partial charge is 0.238 e. The van der Waals surface area contributed by atoms with Gasteiger partial charge in [-0.25, -0.2) is 0 Å². The number of benzene rings is 3. The van der Waals surface area contributed by atoms with Gasteiger partial charge < -0.3 is 5.32 Å². The molecule has 6 heteroatoms. The minimum absolute atomic E-state index is 0. The second-order valence-corrected chi connectivity index (χ2v) is 8.22. The highest BCUT2D eigenvalue weighted by Crippen LogP contribution is 2.29. The summed E-state index contributed by atoms with van der Waals surface area (Å²) in [7, 11) is 0. The van der Waals surface area contributed by atoms with Crippen LogP contribution in [0.3, 0.4) is 0 Å². The van der Waals surface area contributed by atoms with Crippen molar-refractivity contribution in [3.05, 3.63) is 102 Å². The number of rotatable bonds is 7. The zero-order valence-corrected chi connectivity index (χ0v) is 19.6. The van der Waals surface area contributed by atoms with Gasteiger partial charge in [-0.1, -0.05) is 60.7 Å². The van der Waals surface area contributed by atoms with Gasteiger partial charge in [-0.15, -0.1) is 12.4 Å². The second kappa shape index (κ2) is 11.8. The standard InChI is InChI=1S/C27H29N3O2.ClH/c1-21(31)22-12-14-25(15-13-22)28-26(32)20-29-16-18-30(19-17-29)27(23-8-4-2-5-9-23)24-10-6-3-7-11-24;/h2-15,27H,16-20H2,1H3,(H,28,32);1H. The maximum Gasteiger partial charge on any atom is 0.238 e. The van der Waals surface area contributed by atoms with E-state index in [1.54, 1.807) is 24.3 Å². The largest absolute Gasteiger partial charge is 0.325 e. The van der Waals surface area contributed by atoms with Gasteiger partial charge in [0, 0.05) is 37.4 Å². The Bertz CT molecular complexity index is 994. The number of ketones is 1. The molecule has 1 saturated heterocycles. The van der Waals surface area contributed by atoms with Crippen LogP contribution in [0.4, 0.5) is 5.69 Å². The van der Waals surface area contributed by atoms with Gasteiger partial charge in [-0.2, -0.15) is 0 Å². The Morgan fingerprint density at radius 1 is 0.788 bits per heavy atom. The van der Waals surface area contributed by atoms with E-state index in [2.05, 4.69) is 75.8 Å². The van der Waals surface area contributed by atoms with Crippen molar-refractivity contribution in [2.45, 2.75) is 13.0 Å². The molecule has 1 aliphatic heterocycles. The summed E-state index contributed by atoms with van der Waals surface area (Å²) in [4.78, 5) is 28.6. The van der Waals surface area contributed by atoms with Gasteiger partial charge in [0.05, 0.1) is 12.6 Å². The summed E-state index contributed by atoms with van der Waals surface area (Å²) >= 11 is 0. The quantitative estimate of drug-likeness (QED) is 0.518. The molecule has 3 aromatic carbocycles. The molecule has 3 aromatic rings. The number of halogens is 1. The molecule has 0 aliphatic carbocycles. The number of nitrogens with one attached hydrogen (secondary N) is 1. The fourth-order valence-electron chi connectivity index (χ4n) is 4.26. The van der Waals surface area contributed by atoms with Gasteiger partial charge in [0.2, 0.25) is 5.91 Å². The third kappa shape index (κ3) is 6.51. The van der Waals surface area contributed by atoms with Crippen molar-refractivity contribution in [2.24, 2.45) is 0 Å². The van der Waals surface area contributed by atoms with Crippen LogP contribution in [0.25, 0.3) is 0 Å². The first-order chi connectivity index (χ1) is 15.6. The summed E-state index contributed by atoms with van der Waals surface area (Å²) in [6.45, 7) is 5.38. The molecule has 172 valence electrons. The predicted molar refractivity (Wildman–Crippen MR) is 135 cm³/mol. The van der Waals surface area contributed by atoms with Gasteiger partial charge in [0.15, 0.2) is 5.78 Å². The highest BCUT2D eigenvalue weighted by molar-refractivity contribution is 5.96. The Hall–Kier alpha value is -2.99. The Labute approximate surface area is 201 Å². The van der Waals surface area contributed by atoms with Gasteiger partial charge in [-0.3, -0.25) is 19.4 Å².